The molecule has 2 aromatic rings. The molecule has 0 aliphatic carbocycles. The maximum absolute atomic E-state index is 8.80. The zero-order chi connectivity index (χ0) is 15.5. The Balaban J connectivity index is 2.27. The van der Waals surface area contributed by atoms with E-state index in [9.17, 15) is 0 Å². The highest BCUT2D eigenvalue weighted by Crippen LogP contribution is 2.29. The van der Waals surface area contributed by atoms with E-state index >= 15 is 0 Å². The van der Waals surface area contributed by atoms with Gasteiger partial charge in [-0.05, 0) is 46.9 Å². The molecule has 0 fully saturated rings. The second-order valence-corrected chi connectivity index (χ2v) is 6.08. The van der Waals surface area contributed by atoms with Crippen molar-refractivity contribution in [1.82, 2.24) is 0 Å². The van der Waals surface area contributed by atoms with Crippen LogP contribution in [0, 0.1) is 11.3 Å². The van der Waals surface area contributed by atoms with Gasteiger partial charge in [0.2, 0.25) is 0 Å². The minimum Gasteiger partial charge on any atom is -0.457 e. The summed E-state index contributed by atoms with van der Waals surface area (Å²) < 4.78 is 5.89. The molecule has 0 bridgehead atoms. The molecule has 0 atom stereocenters. The molecule has 0 spiro atoms. The van der Waals surface area contributed by atoms with Crippen molar-refractivity contribution in [3.8, 4) is 17.6 Å². The Labute approximate surface area is 126 Å². The summed E-state index contributed by atoms with van der Waals surface area (Å²) in [5.41, 5.74) is 8.55. The summed E-state index contributed by atoms with van der Waals surface area (Å²) in [6.07, 6.45) is 0.283. The number of nitrogen functional groups attached to an aromatic ring is 1. The number of nitrogens with zero attached hydrogens (tertiary/aromatic N) is 1. The first-order valence-corrected chi connectivity index (χ1v) is 6.94. The van der Waals surface area contributed by atoms with Gasteiger partial charge in [-0.25, -0.2) is 0 Å². The molecule has 0 radical (unpaired) electrons. The number of hydrogen-bond donors (Lipinski definition) is 1. The Bertz CT molecular complexity index is 678. The van der Waals surface area contributed by atoms with E-state index in [4.69, 9.17) is 15.7 Å². The molecule has 0 unspecified atom stereocenters. The van der Waals surface area contributed by atoms with Gasteiger partial charge in [0, 0.05) is 5.69 Å². The van der Waals surface area contributed by atoms with Crippen molar-refractivity contribution in [3.05, 3.63) is 53.6 Å². The van der Waals surface area contributed by atoms with Gasteiger partial charge in [0.1, 0.15) is 11.5 Å². The van der Waals surface area contributed by atoms with E-state index in [-0.39, 0.29) is 11.8 Å². The number of ether oxygens (including phenoxy) is 1. The van der Waals surface area contributed by atoms with Gasteiger partial charge >= 0.3 is 0 Å². The van der Waals surface area contributed by atoms with E-state index in [0.29, 0.717) is 11.4 Å². The Morgan fingerprint density at radius 2 is 1.81 bits per heavy atom. The highest BCUT2D eigenvalue weighted by Gasteiger charge is 2.14. The molecule has 0 amide bonds. The standard InChI is InChI=1S/C18H20N2O/c1-18(2,3)14-5-4-6-15(12-14)21-16-7-8-17(20)13(11-16)9-10-19/h4-8,11-12H,9,20H2,1-3H3. The van der Waals surface area contributed by atoms with Crippen LogP contribution in [0.15, 0.2) is 42.5 Å². The van der Waals surface area contributed by atoms with Gasteiger partial charge in [-0.1, -0.05) is 32.9 Å². The van der Waals surface area contributed by atoms with Crippen LogP contribution in [0.2, 0.25) is 0 Å². The van der Waals surface area contributed by atoms with Crippen LogP contribution < -0.4 is 10.5 Å². The summed E-state index contributed by atoms with van der Waals surface area (Å²) in [6, 6.07) is 15.6. The lowest BCUT2D eigenvalue weighted by atomic mass is 9.87. The summed E-state index contributed by atoms with van der Waals surface area (Å²) in [7, 11) is 0. The van der Waals surface area contributed by atoms with E-state index < -0.39 is 0 Å². The van der Waals surface area contributed by atoms with Gasteiger partial charge < -0.3 is 10.5 Å². The van der Waals surface area contributed by atoms with Crippen LogP contribution in [0.1, 0.15) is 31.9 Å². The molecule has 3 heteroatoms. The minimum absolute atomic E-state index is 0.0758. The van der Waals surface area contributed by atoms with Gasteiger partial charge in [-0.15, -0.1) is 0 Å². The fraction of sp³-hybridized carbons (Fsp3) is 0.278. The highest BCUT2D eigenvalue weighted by atomic mass is 16.5. The molecule has 0 aliphatic rings. The molecular weight excluding hydrogens is 260 g/mol. The second kappa shape index (κ2) is 5.88. The third-order valence-electron chi connectivity index (χ3n) is 3.32. The molecule has 2 N–H and O–H groups in total. The summed E-state index contributed by atoms with van der Waals surface area (Å²) in [6.45, 7) is 6.50. The van der Waals surface area contributed by atoms with Crippen LogP contribution in [0.4, 0.5) is 5.69 Å². The van der Waals surface area contributed by atoms with Crippen LogP contribution in [0.3, 0.4) is 0 Å². The lowest BCUT2D eigenvalue weighted by molar-refractivity contribution is 0.478. The van der Waals surface area contributed by atoms with Crippen molar-refractivity contribution in [2.24, 2.45) is 0 Å². The van der Waals surface area contributed by atoms with E-state index in [1.807, 2.05) is 30.3 Å². The van der Waals surface area contributed by atoms with Crippen molar-refractivity contribution in [1.29, 1.82) is 5.26 Å². The largest absolute Gasteiger partial charge is 0.457 e. The number of hydrogen-bond acceptors (Lipinski definition) is 3. The summed E-state index contributed by atoms with van der Waals surface area (Å²) in [5, 5.41) is 8.80. The Hall–Kier alpha value is -2.47. The van der Waals surface area contributed by atoms with Crippen LogP contribution in [0.25, 0.3) is 0 Å². The van der Waals surface area contributed by atoms with Gasteiger partial charge in [-0.3, -0.25) is 0 Å². The second-order valence-electron chi connectivity index (χ2n) is 6.08. The molecule has 0 saturated carbocycles. The first-order valence-electron chi connectivity index (χ1n) is 6.94. The predicted octanol–water partition coefficient (Wildman–Crippen LogP) is 4.42. The smallest absolute Gasteiger partial charge is 0.127 e. The first-order chi connectivity index (χ1) is 9.90. The molecule has 3 nitrogen and oxygen atoms in total. The van der Waals surface area contributed by atoms with Crippen molar-refractivity contribution in [2.45, 2.75) is 32.6 Å². The molecule has 0 aliphatic heterocycles. The Kier molecular flexibility index (Phi) is 4.18. The van der Waals surface area contributed by atoms with E-state index in [0.717, 1.165) is 11.3 Å². The predicted molar refractivity (Wildman–Crippen MR) is 85.4 cm³/mol. The minimum atomic E-state index is 0.0758. The van der Waals surface area contributed by atoms with Crippen LogP contribution in [-0.4, -0.2) is 0 Å². The average molecular weight is 280 g/mol. The molecule has 0 aromatic heterocycles. The number of anilines is 1. The maximum atomic E-state index is 8.80. The summed E-state index contributed by atoms with van der Waals surface area (Å²) in [4.78, 5) is 0. The van der Waals surface area contributed by atoms with Gasteiger partial charge in [0.05, 0.1) is 12.5 Å². The number of nitrogens with two attached hydrogens (primary N) is 1. The maximum Gasteiger partial charge on any atom is 0.127 e. The fourth-order valence-corrected chi connectivity index (χ4v) is 2.05. The molecule has 108 valence electrons. The summed E-state index contributed by atoms with van der Waals surface area (Å²) in [5.74, 6) is 1.48. The van der Waals surface area contributed by atoms with Gasteiger partial charge in [0.25, 0.3) is 0 Å². The highest BCUT2D eigenvalue weighted by molar-refractivity contribution is 5.52. The van der Waals surface area contributed by atoms with Gasteiger partial charge in [-0.2, -0.15) is 5.26 Å². The molecule has 21 heavy (non-hydrogen) atoms. The third-order valence-corrected chi connectivity index (χ3v) is 3.32. The first kappa shape index (κ1) is 14.9. The molecule has 0 saturated heterocycles. The van der Waals surface area contributed by atoms with E-state index in [1.54, 1.807) is 6.07 Å². The van der Waals surface area contributed by atoms with Crippen LogP contribution in [0.5, 0.6) is 11.5 Å². The Morgan fingerprint density at radius 1 is 1.10 bits per heavy atom. The number of nitriles is 1. The normalized spacial score (nSPS) is 11.0. The Morgan fingerprint density at radius 3 is 2.48 bits per heavy atom. The SMILES string of the molecule is CC(C)(C)c1cccc(Oc2ccc(N)c(CC#N)c2)c1. The lowest BCUT2D eigenvalue weighted by Gasteiger charge is -2.19. The molecule has 0 heterocycles. The van der Waals surface area contributed by atoms with E-state index in [2.05, 4.69) is 32.9 Å². The van der Waals surface area contributed by atoms with E-state index in [1.165, 1.54) is 5.56 Å². The zero-order valence-corrected chi connectivity index (χ0v) is 12.7. The number of rotatable bonds is 3. The van der Waals surface area contributed by atoms with Crippen molar-refractivity contribution in [2.75, 3.05) is 5.73 Å². The van der Waals surface area contributed by atoms with Crippen molar-refractivity contribution in [3.63, 3.8) is 0 Å². The van der Waals surface area contributed by atoms with Crippen LogP contribution in [-0.2, 0) is 11.8 Å². The summed E-state index contributed by atoms with van der Waals surface area (Å²) >= 11 is 0. The molecular formula is C18H20N2O. The van der Waals surface area contributed by atoms with Crippen LogP contribution >= 0.6 is 0 Å². The third kappa shape index (κ3) is 3.76. The number of benzene rings is 2. The van der Waals surface area contributed by atoms with Gasteiger partial charge in [0.15, 0.2) is 0 Å². The van der Waals surface area contributed by atoms with Crippen molar-refractivity contribution < 1.29 is 4.74 Å². The average Bonchev–Trinajstić information content (AvgIpc) is 2.42. The lowest BCUT2D eigenvalue weighted by Crippen LogP contribution is -2.10. The fourth-order valence-electron chi connectivity index (χ4n) is 2.05. The van der Waals surface area contributed by atoms with Crippen molar-refractivity contribution >= 4 is 5.69 Å². The quantitative estimate of drug-likeness (QED) is 0.846. The monoisotopic (exact) mass is 280 g/mol. The molecule has 2 rings (SSSR count). The zero-order valence-electron chi connectivity index (χ0n) is 12.7. The molecule has 2 aromatic carbocycles. The topological polar surface area (TPSA) is 59.0 Å².